The molecule has 0 saturated carbocycles. The first kappa shape index (κ1) is 17.5. The molecule has 3 N–H and O–H groups in total. The highest BCUT2D eigenvalue weighted by molar-refractivity contribution is 5.92. The fraction of sp³-hybridized carbons (Fsp3) is 0.278. The number of nitrogen functional groups attached to an aromatic ring is 1. The van der Waals surface area contributed by atoms with Crippen molar-refractivity contribution in [1.29, 1.82) is 0 Å². The molecule has 0 bridgehead atoms. The van der Waals surface area contributed by atoms with Crippen LogP contribution in [-0.2, 0) is 4.79 Å². The second-order valence-electron chi connectivity index (χ2n) is 5.11. The van der Waals surface area contributed by atoms with Gasteiger partial charge in [0.1, 0.15) is 17.2 Å². The van der Waals surface area contributed by atoms with Crippen molar-refractivity contribution < 1.29 is 19.0 Å². The number of nitrogens with one attached hydrogen (secondary N) is 1. The zero-order chi connectivity index (χ0) is 17.4. The number of hydrogen-bond acceptors (Lipinski definition) is 5. The smallest absolute Gasteiger partial charge is 0.262 e. The molecule has 0 atom stereocenters. The van der Waals surface area contributed by atoms with Crippen LogP contribution in [0.5, 0.6) is 17.2 Å². The van der Waals surface area contributed by atoms with Gasteiger partial charge in [-0.1, -0.05) is 6.92 Å². The predicted octanol–water partition coefficient (Wildman–Crippen LogP) is 3.08. The van der Waals surface area contributed by atoms with Crippen LogP contribution in [0.15, 0.2) is 42.5 Å². The first-order chi connectivity index (χ1) is 11.6. The van der Waals surface area contributed by atoms with Crippen molar-refractivity contribution in [3.05, 3.63) is 42.5 Å². The average Bonchev–Trinajstić information content (AvgIpc) is 2.59. The summed E-state index contributed by atoms with van der Waals surface area (Å²) in [6.07, 6.45) is 0.953. The van der Waals surface area contributed by atoms with Gasteiger partial charge in [-0.3, -0.25) is 4.79 Å². The molecule has 2 aromatic rings. The van der Waals surface area contributed by atoms with E-state index in [2.05, 4.69) is 5.32 Å². The van der Waals surface area contributed by atoms with Crippen molar-refractivity contribution in [1.82, 2.24) is 0 Å². The Bertz CT molecular complexity index is 671. The molecular weight excluding hydrogens is 308 g/mol. The summed E-state index contributed by atoms with van der Waals surface area (Å²) in [5.41, 5.74) is 6.85. The van der Waals surface area contributed by atoms with Gasteiger partial charge in [0.25, 0.3) is 5.91 Å². The molecule has 6 heteroatoms. The van der Waals surface area contributed by atoms with Gasteiger partial charge in [-0.2, -0.15) is 0 Å². The maximum absolute atomic E-state index is 11.9. The van der Waals surface area contributed by atoms with Gasteiger partial charge in [-0.25, -0.2) is 0 Å². The van der Waals surface area contributed by atoms with E-state index in [4.69, 9.17) is 19.9 Å². The molecule has 0 fully saturated rings. The summed E-state index contributed by atoms with van der Waals surface area (Å²) in [6.45, 7) is 2.63. The van der Waals surface area contributed by atoms with Crippen molar-refractivity contribution in [2.75, 3.05) is 31.4 Å². The third-order valence-electron chi connectivity index (χ3n) is 3.18. The topological polar surface area (TPSA) is 82.8 Å². The van der Waals surface area contributed by atoms with E-state index in [1.807, 2.05) is 19.1 Å². The van der Waals surface area contributed by atoms with Crippen molar-refractivity contribution >= 4 is 17.3 Å². The third-order valence-corrected chi connectivity index (χ3v) is 3.18. The number of ether oxygens (including phenoxy) is 3. The monoisotopic (exact) mass is 330 g/mol. The van der Waals surface area contributed by atoms with Gasteiger partial charge in [0.2, 0.25) is 0 Å². The van der Waals surface area contributed by atoms with Gasteiger partial charge in [0.15, 0.2) is 6.61 Å². The van der Waals surface area contributed by atoms with E-state index in [0.717, 1.165) is 12.2 Å². The maximum atomic E-state index is 11.9. The number of carbonyl (C=O) groups is 1. The van der Waals surface area contributed by atoms with Crippen LogP contribution in [-0.4, -0.2) is 26.2 Å². The van der Waals surface area contributed by atoms with E-state index in [-0.39, 0.29) is 12.5 Å². The molecule has 1 amide bonds. The summed E-state index contributed by atoms with van der Waals surface area (Å²) < 4.78 is 16.0. The summed E-state index contributed by atoms with van der Waals surface area (Å²) in [5.74, 6) is 1.67. The van der Waals surface area contributed by atoms with E-state index >= 15 is 0 Å². The minimum atomic E-state index is -0.272. The molecule has 2 aromatic carbocycles. The van der Waals surface area contributed by atoms with Crippen molar-refractivity contribution in [3.8, 4) is 17.2 Å². The zero-order valence-corrected chi connectivity index (χ0v) is 13.9. The number of anilines is 2. The van der Waals surface area contributed by atoms with E-state index in [1.54, 1.807) is 30.3 Å². The molecule has 2 rings (SSSR count). The van der Waals surface area contributed by atoms with Crippen molar-refractivity contribution in [2.24, 2.45) is 0 Å². The van der Waals surface area contributed by atoms with Crippen LogP contribution in [0, 0.1) is 0 Å². The Morgan fingerprint density at radius 2 is 1.75 bits per heavy atom. The SMILES string of the molecule is CCCOc1ccc(OCC(=O)Nc2ccc(OC)c(N)c2)cc1. The zero-order valence-electron chi connectivity index (χ0n) is 13.9. The summed E-state index contributed by atoms with van der Waals surface area (Å²) in [4.78, 5) is 11.9. The average molecular weight is 330 g/mol. The fourth-order valence-corrected chi connectivity index (χ4v) is 2.01. The molecule has 0 saturated heterocycles. The number of amides is 1. The number of methoxy groups -OCH3 is 1. The third kappa shape index (κ3) is 5.08. The minimum absolute atomic E-state index is 0.0961. The number of hydrogen-bond donors (Lipinski definition) is 2. The largest absolute Gasteiger partial charge is 0.495 e. The van der Waals surface area contributed by atoms with Crippen LogP contribution >= 0.6 is 0 Å². The molecule has 128 valence electrons. The van der Waals surface area contributed by atoms with E-state index in [1.165, 1.54) is 7.11 Å². The van der Waals surface area contributed by atoms with E-state index in [0.29, 0.717) is 29.5 Å². The molecular formula is C18H22N2O4. The minimum Gasteiger partial charge on any atom is -0.495 e. The highest BCUT2D eigenvalue weighted by Gasteiger charge is 2.06. The number of carbonyl (C=O) groups excluding carboxylic acids is 1. The van der Waals surface area contributed by atoms with Gasteiger partial charge < -0.3 is 25.3 Å². The maximum Gasteiger partial charge on any atom is 0.262 e. The molecule has 0 aliphatic heterocycles. The van der Waals surface area contributed by atoms with Crippen LogP contribution < -0.4 is 25.3 Å². The molecule has 0 spiro atoms. The molecule has 6 nitrogen and oxygen atoms in total. The van der Waals surface area contributed by atoms with Gasteiger partial charge in [0, 0.05) is 5.69 Å². The Morgan fingerprint density at radius 3 is 2.33 bits per heavy atom. The van der Waals surface area contributed by atoms with E-state index in [9.17, 15) is 4.79 Å². The van der Waals surface area contributed by atoms with Crippen LogP contribution in [0.3, 0.4) is 0 Å². The summed E-state index contributed by atoms with van der Waals surface area (Å²) in [7, 11) is 1.54. The molecule has 24 heavy (non-hydrogen) atoms. The number of rotatable bonds is 8. The molecule has 0 radical (unpaired) electrons. The summed E-state index contributed by atoms with van der Waals surface area (Å²) in [6, 6.07) is 12.2. The Labute approximate surface area is 141 Å². The lowest BCUT2D eigenvalue weighted by Gasteiger charge is -2.10. The van der Waals surface area contributed by atoms with Crippen LogP contribution in [0.25, 0.3) is 0 Å². The van der Waals surface area contributed by atoms with Crippen LogP contribution in [0.1, 0.15) is 13.3 Å². The summed E-state index contributed by atoms with van der Waals surface area (Å²) >= 11 is 0. The number of benzene rings is 2. The van der Waals surface area contributed by atoms with Crippen LogP contribution in [0.2, 0.25) is 0 Å². The van der Waals surface area contributed by atoms with E-state index < -0.39 is 0 Å². The lowest BCUT2D eigenvalue weighted by molar-refractivity contribution is -0.118. The first-order valence-electron chi connectivity index (χ1n) is 7.71. The Kier molecular flexibility index (Phi) is 6.31. The normalized spacial score (nSPS) is 10.1. The fourth-order valence-electron chi connectivity index (χ4n) is 2.01. The van der Waals surface area contributed by atoms with Gasteiger partial charge >= 0.3 is 0 Å². The van der Waals surface area contributed by atoms with Gasteiger partial charge in [0.05, 0.1) is 19.4 Å². The molecule has 0 heterocycles. The highest BCUT2D eigenvalue weighted by Crippen LogP contribution is 2.24. The quantitative estimate of drug-likeness (QED) is 0.727. The standard InChI is InChI=1S/C18H22N2O4/c1-3-10-23-14-5-7-15(8-6-14)24-12-18(21)20-13-4-9-17(22-2)16(19)11-13/h4-9,11H,3,10,12,19H2,1-2H3,(H,20,21). The predicted molar refractivity (Wildman–Crippen MR) is 93.8 cm³/mol. The van der Waals surface area contributed by atoms with Crippen molar-refractivity contribution in [2.45, 2.75) is 13.3 Å². The van der Waals surface area contributed by atoms with Gasteiger partial charge in [-0.15, -0.1) is 0 Å². The lowest BCUT2D eigenvalue weighted by Crippen LogP contribution is -2.20. The number of nitrogens with two attached hydrogens (primary N) is 1. The molecule has 0 unspecified atom stereocenters. The van der Waals surface area contributed by atoms with Crippen LogP contribution in [0.4, 0.5) is 11.4 Å². The Balaban J connectivity index is 1.83. The molecule has 0 aromatic heterocycles. The highest BCUT2D eigenvalue weighted by atomic mass is 16.5. The first-order valence-corrected chi connectivity index (χ1v) is 7.71. The Hall–Kier alpha value is -2.89. The molecule has 0 aliphatic carbocycles. The molecule has 0 aliphatic rings. The van der Waals surface area contributed by atoms with Gasteiger partial charge in [-0.05, 0) is 48.9 Å². The lowest BCUT2D eigenvalue weighted by atomic mass is 10.2. The summed E-state index contributed by atoms with van der Waals surface area (Å²) in [5, 5.41) is 2.72. The second-order valence-corrected chi connectivity index (χ2v) is 5.11. The Morgan fingerprint density at radius 1 is 1.08 bits per heavy atom. The van der Waals surface area contributed by atoms with Crippen molar-refractivity contribution in [3.63, 3.8) is 0 Å². The second kappa shape index (κ2) is 8.67.